The molecule has 4 rings (SSSR count). The summed E-state index contributed by atoms with van der Waals surface area (Å²) in [6, 6.07) is 9.80. The van der Waals surface area contributed by atoms with Crippen LogP contribution in [0.1, 0.15) is 48.0 Å². The predicted molar refractivity (Wildman–Crippen MR) is 125 cm³/mol. The number of hydroxylamine groups is 1. The number of hydrogen-bond donors (Lipinski definition) is 2. The molecule has 1 aliphatic carbocycles. The molecule has 176 valence electrons. The summed E-state index contributed by atoms with van der Waals surface area (Å²) < 4.78 is 25.8. The monoisotopic (exact) mass is 491 g/mol. The molecule has 1 aliphatic heterocycles. The van der Waals surface area contributed by atoms with Crippen LogP contribution in [0.4, 0.5) is 5.69 Å². The summed E-state index contributed by atoms with van der Waals surface area (Å²) in [5, 5.41) is 0.539. The van der Waals surface area contributed by atoms with Crippen molar-refractivity contribution < 1.29 is 22.8 Å². The van der Waals surface area contributed by atoms with Gasteiger partial charge in [0.25, 0.3) is 5.91 Å². The van der Waals surface area contributed by atoms with E-state index >= 15 is 0 Å². The molecule has 0 aromatic heterocycles. The first-order valence-electron chi connectivity index (χ1n) is 10.9. The molecule has 0 spiro atoms. The molecule has 33 heavy (non-hydrogen) atoms. The van der Waals surface area contributed by atoms with E-state index in [1.807, 2.05) is 0 Å². The van der Waals surface area contributed by atoms with Gasteiger partial charge in [0.1, 0.15) is 0 Å². The van der Waals surface area contributed by atoms with E-state index in [9.17, 15) is 18.0 Å². The van der Waals surface area contributed by atoms with Gasteiger partial charge in [0.15, 0.2) is 9.84 Å². The van der Waals surface area contributed by atoms with Gasteiger partial charge >= 0.3 is 0 Å². The second-order valence-electron chi connectivity index (χ2n) is 8.43. The van der Waals surface area contributed by atoms with Crippen molar-refractivity contribution in [3.05, 3.63) is 58.6 Å². The molecule has 8 nitrogen and oxygen atoms in total. The topological polar surface area (TPSA) is 119 Å². The van der Waals surface area contributed by atoms with Crippen molar-refractivity contribution in [3.8, 4) is 0 Å². The number of nitrogens with zero attached hydrogens (tertiary/aromatic N) is 1. The number of sulfone groups is 1. The van der Waals surface area contributed by atoms with Gasteiger partial charge in [-0.25, -0.2) is 13.9 Å². The van der Waals surface area contributed by atoms with Gasteiger partial charge in [0, 0.05) is 10.6 Å². The molecule has 1 saturated carbocycles. The van der Waals surface area contributed by atoms with Crippen LogP contribution in [0.5, 0.6) is 0 Å². The maximum Gasteiger partial charge on any atom is 0.274 e. The number of amides is 2. The van der Waals surface area contributed by atoms with Crippen molar-refractivity contribution in [2.24, 2.45) is 5.73 Å². The zero-order valence-electron chi connectivity index (χ0n) is 18.0. The Balaban J connectivity index is 1.66. The maximum atomic E-state index is 13.1. The largest absolute Gasteiger partial charge is 0.319 e. The molecular weight excluding hydrogens is 466 g/mol. The van der Waals surface area contributed by atoms with Crippen molar-refractivity contribution in [1.82, 2.24) is 5.48 Å². The van der Waals surface area contributed by atoms with Crippen LogP contribution in [0.25, 0.3) is 0 Å². The normalized spacial score (nSPS) is 20.7. The zero-order chi connectivity index (χ0) is 23.6. The molecule has 0 unspecified atom stereocenters. The highest BCUT2D eigenvalue weighted by atomic mass is 35.5. The van der Waals surface area contributed by atoms with Crippen LogP contribution in [-0.2, 0) is 26.0 Å². The molecule has 1 fully saturated rings. The van der Waals surface area contributed by atoms with E-state index in [1.165, 1.54) is 23.1 Å². The molecule has 1 atom stereocenters. The molecule has 2 aromatic carbocycles. The van der Waals surface area contributed by atoms with Gasteiger partial charge in [-0.3, -0.25) is 14.4 Å². The summed E-state index contributed by atoms with van der Waals surface area (Å²) in [6.07, 6.45) is 4.99. The van der Waals surface area contributed by atoms with Gasteiger partial charge in [-0.2, -0.15) is 0 Å². The lowest BCUT2D eigenvalue weighted by atomic mass is 9.98. The number of halogens is 1. The fourth-order valence-electron chi connectivity index (χ4n) is 4.16. The summed E-state index contributed by atoms with van der Waals surface area (Å²) in [5.74, 6) is -1.55. The summed E-state index contributed by atoms with van der Waals surface area (Å²) in [6.45, 7) is 0.0792. The van der Waals surface area contributed by atoms with Crippen LogP contribution in [0, 0.1) is 0 Å². The Morgan fingerprint density at radius 3 is 2.52 bits per heavy atom. The number of nitrogens with two attached hydrogens (primary N) is 1. The molecular formula is C23H26ClN3O5S. The number of hydrogen-bond acceptors (Lipinski definition) is 6. The van der Waals surface area contributed by atoms with E-state index < -0.39 is 33.4 Å². The van der Waals surface area contributed by atoms with Gasteiger partial charge in [-0.1, -0.05) is 43.0 Å². The number of carbonyl (C=O) groups excluding carboxylic acids is 2. The van der Waals surface area contributed by atoms with Crippen molar-refractivity contribution in [1.29, 1.82) is 0 Å². The second kappa shape index (κ2) is 9.80. The van der Waals surface area contributed by atoms with Gasteiger partial charge in [0.2, 0.25) is 5.91 Å². The fraction of sp³-hybridized carbons (Fsp3) is 0.391. The standard InChI is InChI=1S/C23H26ClN3O5S/c24-17-9-6-15(7-10-17)13-27-20-12-16(22(28)26-32-18-4-2-1-3-5-18)8-11-21(20)33(30,31)14-19(25)23(27)29/h6-12,18-19H,1-5,13-14,25H2,(H,26,28)/t19-/m0/s1. The average Bonchev–Trinajstić information content (AvgIpc) is 2.87. The van der Waals surface area contributed by atoms with Crippen LogP contribution < -0.4 is 16.1 Å². The third-order valence-electron chi connectivity index (χ3n) is 5.95. The van der Waals surface area contributed by atoms with Crippen LogP contribution in [0.15, 0.2) is 47.4 Å². The minimum atomic E-state index is -3.84. The van der Waals surface area contributed by atoms with Gasteiger partial charge in [0.05, 0.1) is 35.0 Å². The third-order valence-corrected chi connectivity index (χ3v) is 8.02. The molecule has 0 saturated heterocycles. The first-order chi connectivity index (χ1) is 15.7. The second-order valence-corrected chi connectivity index (χ2v) is 10.9. The molecule has 0 bridgehead atoms. The Kier molecular flexibility index (Phi) is 7.04. The average molecular weight is 492 g/mol. The zero-order valence-corrected chi connectivity index (χ0v) is 19.6. The molecule has 10 heteroatoms. The minimum Gasteiger partial charge on any atom is -0.319 e. The summed E-state index contributed by atoms with van der Waals surface area (Å²) in [4.78, 5) is 32.6. The lowest BCUT2D eigenvalue weighted by molar-refractivity contribution is -0.119. The summed E-state index contributed by atoms with van der Waals surface area (Å²) >= 11 is 5.96. The molecule has 3 N–H and O–H groups in total. The maximum absolute atomic E-state index is 13.1. The number of anilines is 1. The highest BCUT2D eigenvalue weighted by Crippen LogP contribution is 2.33. The van der Waals surface area contributed by atoms with E-state index in [-0.39, 0.29) is 28.8 Å². The molecule has 1 heterocycles. The third kappa shape index (κ3) is 5.38. The molecule has 0 radical (unpaired) electrons. The van der Waals surface area contributed by atoms with E-state index in [2.05, 4.69) is 5.48 Å². The van der Waals surface area contributed by atoms with Crippen molar-refractivity contribution >= 4 is 38.9 Å². The van der Waals surface area contributed by atoms with Crippen LogP contribution >= 0.6 is 11.6 Å². The number of rotatable bonds is 5. The first-order valence-corrected chi connectivity index (χ1v) is 12.9. The number of benzene rings is 2. The summed E-state index contributed by atoms with van der Waals surface area (Å²) in [7, 11) is -3.84. The van der Waals surface area contributed by atoms with Crippen LogP contribution in [-0.4, -0.2) is 38.1 Å². The lowest BCUT2D eigenvalue weighted by Crippen LogP contribution is -2.45. The number of fused-ring (bicyclic) bond motifs is 1. The van der Waals surface area contributed by atoms with Gasteiger partial charge in [-0.05, 0) is 48.7 Å². The number of nitrogens with one attached hydrogen (secondary N) is 1. The Morgan fingerprint density at radius 1 is 1.12 bits per heavy atom. The van der Waals surface area contributed by atoms with E-state index in [0.717, 1.165) is 37.7 Å². The lowest BCUT2D eigenvalue weighted by Gasteiger charge is -2.25. The Labute approximate surface area is 197 Å². The Hall–Kier alpha value is -2.46. The van der Waals surface area contributed by atoms with E-state index in [4.69, 9.17) is 22.2 Å². The van der Waals surface area contributed by atoms with E-state index in [1.54, 1.807) is 24.3 Å². The Bertz CT molecular complexity index is 1150. The SMILES string of the molecule is N[C@H]1CS(=O)(=O)c2ccc(C(=O)NOC3CCCCC3)cc2N(Cc2ccc(Cl)cc2)C1=O. The molecule has 2 amide bonds. The predicted octanol–water partition coefficient (Wildman–Crippen LogP) is 2.98. The van der Waals surface area contributed by atoms with Crippen molar-refractivity contribution in [2.45, 2.75) is 55.7 Å². The highest BCUT2D eigenvalue weighted by Gasteiger charge is 2.36. The van der Waals surface area contributed by atoms with Crippen LogP contribution in [0.2, 0.25) is 5.02 Å². The van der Waals surface area contributed by atoms with E-state index in [0.29, 0.717) is 5.02 Å². The van der Waals surface area contributed by atoms with Crippen molar-refractivity contribution in [3.63, 3.8) is 0 Å². The first kappa shape index (κ1) is 23.7. The minimum absolute atomic E-state index is 0.0371. The van der Waals surface area contributed by atoms with Crippen LogP contribution in [0.3, 0.4) is 0 Å². The summed E-state index contributed by atoms with van der Waals surface area (Å²) in [5.41, 5.74) is 9.45. The highest BCUT2D eigenvalue weighted by molar-refractivity contribution is 7.91. The smallest absolute Gasteiger partial charge is 0.274 e. The molecule has 2 aliphatic rings. The van der Waals surface area contributed by atoms with Crippen molar-refractivity contribution in [2.75, 3.05) is 10.7 Å². The Morgan fingerprint density at radius 2 is 1.82 bits per heavy atom. The number of carbonyl (C=O) groups is 2. The van der Waals surface area contributed by atoms with Gasteiger partial charge < -0.3 is 10.6 Å². The fourth-order valence-corrected chi connectivity index (χ4v) is 5.85. The molecule has 2 aromatic rings. The quantitative estimate of drug-likeness (QED) is 0.620. The van der Waals surface area contributed by atoms with Gasteiger partial charge in [-0.15, -0.1) is 0 Å².